The lowest BCUT2D eigenvalue weighted by Crippen LogP contribution is -2.06. The summed E-state index contributed by atoms with van der Waals surface area (Å²) in [6.45, 7) is 4.59. The highest BCUT2D eigenvalue weighted by Gasteiger charge is 2.08. The quantitative estimate of drug-likeness (QED) is 0.112. The molecule has 33 heavy (non-hydrogen) atoms. The normalized spacial score (nSPS) is 12.3. The van der Waals surface area contributed by atoms with Gasteiger partial charge >= 0.3 is 0 Å². The first kappa shape index (κ1) is 30.6. The first-order valence-corrected chi connectivity index (χ1v) is 15.6. The molecule has 0 saturated carbocycles. The fraction of sp³-hybridized carbons (Fsp3) is 0.812. The third kappa shape index (κ3) is 18.6. The summed E-state index contributed by atoms with van der Waals surface area (Å²) in [6, 6.07) is 9.55. The van der Waals surface area contributed by atoms with Crippen LogP contribution in [0.4, 0.5) is 0 Å². The lowest BCUT2D eigenvalue weighted by atomic mass is 9.94. The van der Waals surface area contributed by atoms with E-state index in [0.717, 1.165) is 11.7 Å². The zero-order valence-corrected chi connectivity index (χ0v) is 23.5. The van der Waals surface area contributed by atoms with Gasteiger partial charge in [0.2, 0.25) is 0 Å². The maximum atomic E-state index is 4.66. The molecule has 1 heteroatoms. The molecule has 0 aromatic heterocycles. The molecule has 0 N–H and O–H groups in total. The van der Waals surface area contributed by atoms with Crippen LogP contribution in [0.1, 0.15) is 153 Å². The SMILES string of the molecule is CCCCCCCCCCCCc1ccc(CC(CS)CCCCCCCCCCC)cc1. The van der Waals surface area contributed by atoms with Crippen LogP contribution in [-0.2, 0) is 12.8 Å². The van der Waals surface area contributed by atoms with Crippen LogP contribution < -0.4 is 0 Å². The number of benzene rings is 1. The Kier molecular flexibility index (Phi) is 21.6. The minimum atomic E-state index is 0.741. The first-order valence-electron chi connectivity index (χ1n) is 15.0. The molecule has 1 aromatic carbocycles. The molecule has 1 rings (SSSR count). The fourth-order valence-corrected chi connectivity index (χ4v) is 5.31. The van der Waals surface area contributed by atoms with Crippen LogP contribution in [0, 0.1) is 5.92 Å². The van der Waals surface area contributed by atoms with Crippen molar-refractivity contribution in [1.29, 1.82) is 0 Å². The molecule has 0 heterocycles. The van der Waals surface area contributed by atoms with Crippen molar-refractivity contribution in [2.75, 3.05) is 5.75 Å². The molecule has 0 fully saturated rings. The van der Waals surface area contributed by atoms with Crippen LogP contribution in [0.5, 0.6) is 0 Å². The third-order valence-electron chi connectivity index (χ3n) is 7.34. The van der Waals surface area contributed by atoms with Gasteiger partial charge < -0.3 is 0 Å². The van der Waals surface area contributed by atoms with E-state index in [-0.39, 0.29) is 0 Å². The van der Waals surface area contributed by atoms with Crippen molar-refractivity contribution in [3.63, 3.8) is 0 Å². The van der Waals surface area contributed by atoms with Crippen molar-refractivity contribution in [3.05, 3.63) is 35.4 Å². The zero-order chi connectivity index (χ0) is 23.8. The molecule has 0 nitrogen and oxygen atoms in total. The zero-order valence-electron chi connectivity index (χ0n) is 22.6. The fourth-order valence-electron chi connectivity index (χ4n) is 4.99. The number of hydrogen-bond donors (Lipinski definition) is 1. The van der Waals surface area contributed by atoms with Crippen LogP contribution in [0.25, 0.3) is 0 Å². The molecule has 0 aliphatic heterocycles. The predicted molar refractivity (Wildman–Crippen MR) is 155 cm³/mol. The highest BCUT2D eigenvalue weighted by molar-refractivity contribution is 7.80. The topological polar surface area (TPSA) is 0 Å². The van der Waals surface area contributed by atoms with Crippen molar-refractivity contribution < 1.29 is 0 Å². The van der Waals surface area contributed by atoms with Crippen LogP contribution >= 0.6 is 12.6 Å². The molecular formula is C32H58S. The summed E-state index contributed by atoms with van der Waals surface area (Å²) in [5.74, 6) is 1.77. The molecule has 192 valence electrons. The van der Waals surface area contributed by atoms with E-state index in [1.165, 1.54) is 152 Å². The highest BCUT2D eigenvalue weighted by atomic mass is 32.1. The summed E-state index contributed by atoms with van der Waals surface area (Å²) < 4.78 is 0. The van der Waals surface area contributed by atoms with Crippen LogP contribution in [0.15, 0.2) is 24.3 Å². The monoisotopic (exact) mass is 474 g/mol. The molecule has 0 bridgehead atoms. The van der Waals surface area contributed by atoms with Crippen LogP contribution in [0.3, 0.4) is 0 Å². The average Bonchev–Trinajstić information content (AvgIpc) is 2.84. The highest BCUT2D eigenvalue weighted by Crippen LogP contribution is 2.20. The van der Waals surface area contributed by atoms with E-state index in [0.29, 0.717) is 0 Å². The summed E-state index contributed by atoms with van der Waals surface area (Å²) in [5.41, 5.74) is 3.04. The molecule has 0 saturated heterocycles. The minimum absolute atomic E-state index is 0.741. The number of rotatable bonds is 24. The van der Waals surface area contributed by atoms with E-state index in [1.807, 2.05) is 0 Å². The lowest BCUT2D eigenvalue weighted by molar-refractivity contribution is 0.484. The first-order chi connectivity index (χ1) is 16.3. The second-order valence-electron chi connectivity index (χ2n) is 10.6. The maximum absolute atomic E-state index is 4.66. The number of hydrogen-bond acceptors (Lipinski definition) is 1. The van der Waals surface area contributed by atoms with Crippen molar-refractivity contribution in [1.82, 2.24) is 0 Å². The van der Waals surface area contributed by atoms with Gasteiger partial charge in [0.1, 0.15) is 0 Å². The van der Waals surface area contributed by atoms with Crippen LogP contribution in [-0.4, -0.2) is 5.75 Å². The Hall–Kier alpha value is -0.430. The Bertz CT molecular complexity index is 506. The van der Waals surface area contributed by atoms with E-state index >= 15 is 0 Å². The smallest absolute Gasteiger partial charge is 0.00663 e. The number of aryl methyl sites for hydroxylation is 1. The van der Waals surface area contributed by atoms with Gasteiger partial charge in [0.25, 0.3) is 0 Å². The molecule has 1 unspecified atom stereocenters. The summed E-state index contributed by atoms with van der Waals surface area (Å²) in [5, 5.41) is 0. The van der Waals surface area contributed by atoms with Gasteiger partial charge in [-0.25, -0.2) is 0 Å². The molecule has 1 atom stereocenters. The number of thiol groups is 1. The minimum Gasteiger partial charge on any atom is -0.179 e. The van der Waals surface area contributed by atoms with Gasteiger partial charge in [0, 0.05) is 0 Å². The Labute approximate surface area is 214 Å². The Morgan fingerprint density at radius 2 is 0.909 bits per heavy atom. The van der Waals surface area contributed by atoms with Gasteiger partial charge in [-0.05, 0) is 48.5 Å². The second kappa shape index (κ2) is 23.3. The Morgan fingerprint density at radius 1 is 0.515 bits per heavy atom. The largest absolute Gasteiger partial charge is 0.179 e. The lowest BCUT2D eigenvalue weighted by Gasteiger charge is -2.15. The maximum Gasteiger partial charge on any atom is -0.00663 e. The van der Waals surface area contributed by atoms with E-state index in [9.17, 15) is 0 Å². The summed E-state index contributed by atoms with van der Waals surface area (Å²) >= 11 is 4.66. The Balaban J connectivity index is 2.06. The average molecular weight is 475 g/mol. The van der Waals surface area contributed by atoms with Gasteiger partial charge in [0.15, 0.2) is 0 Å². The van der Waals surface area contributed by atoms with E-state index in [2.05, 4.69) is 50.7 Å². The van der Waals surface area contributed by atoms with Crippen molar-refractivity contribution in [3.8, 4) is 0 Å². The summed E-state index contributed by atoms with van der Waals surface area (Å²) in [4.78, 5) is 0. The third-order valence-corrected chi connectivity index (χ3v) is 7.86. The molecular weight excluding hydrogens is 416 g/mol. The standard InChI is InChI=1S/C32H58S/c1-3-5-7-9-11-13-15-16-18-20-22-30-24-26-31(27-25-30)28-32(29-33)23-21-19-17-14-12-10-8-6-4-2/h24-27,32-33H,3-23,28-29H2,1-2H3. The second-order valence-corrected chi connectivity index (χ2v) is 11.0. The molecule has 0 spiro atoms. The van der Waals surface area contributed by atoms with Crippen molar-refractivity contribution in [2.24, 2.45) is 5.92 Å². The molecule has 0 radical (unpaired) electrons. The predicted octanol–water partition coefficient (Wildman–Crippen LogP) is 11.2. The molecule has 0 aliphatic rings. The van der Waals surface area contributed by atoms with Crippen molar-refractivity contribution in [2.45, 2.75) is 155 Å². The van der Waals surface area contributed by atoms with Gasteiger partial charge in [-0.2, -0.15) is 12.6 Å². The van der Waals surface area contributed by atoms with E-state index in [1.54, 1.807) is 0 Å². The molecule has 0 aliphatic carbocycles. The van der Waals surface area contributed by atoms with Gasteiger partial charge in [-0.15, -0.1) is 0 Å². The van der Waals surface area contributed by atoms with Gasteiger partial charge in [-0.1, -0.05) is 154 Å². The van der Waals surface area contributed by atoms with Gasteiger partial charge in [0.05, 0.1) is 0 Å². The van der Waals surface area contributed by atoms with E-state index < -0.39 is 0 Å². The number of unbranched alkanes of at least 4 members (excludes halogenated alkanes) is 17. The summed E-state index contributed by atoms with van der Waals surface area (Å²) in [6.07, 6.45) is 30.8. The Morgan fingerprint density at radius 3 is 1.36 bits per heavy atom. The van der Waals surface area contributed by atoms with Crippen LogP contribution in [0.2, 0.25) is 0 Å². The molecule has 1 aromatic rings. The van der Waals surface area contributed by atoms with E-state index in [4.69, 9.17) is 0 Å². The van der Waals surface area contributed by atoms with Gasteiger partial charge in [-0.3, -0.25) is 0 Å². The summed E-state index contributed by atoms with van der Waals surface area (Å²) in [7, 11) is 0. The van der Waals surface area contributed by atoms with Crippen molar-refractivity contribution >= 4 is 12.6 Å². The molecule has 0 amide bonds.